The molecule has 0 amide bonds. The van der Waals surface area contributed by atoms with Crippen molar-refractivity contribution in [3.63, 3.8) is 0 Å². The van der Waals surface area contributed by atoms with Crippen LogP contribution in [0.3, 0.4) is 0 Å². The van der Waals surface area contributed by atoms with E-state index >= 15 is 0 Å². The Morgan fingerprint density at radius 3 is 0.382 bits per heavy atom. The smallest absolute Gasteiger partial charge is 0.391 e. The summed E-state index contributed by atoms with van der Waals surface area (Å²) < 4.78 is 56.0. The molecule has 0 N–H and O–H groups in total. The largest absolute Gasteiger partial charge is 0.417 e. The van der Waals surface area contributed by atoms with Gasteiger partial charge in [0.1, 0.15) is 0 Å². The lowest BCUT2D eigenvalue weighted by atomic mass is 10.2. The molecule has 10 nitrogen and oxygen atoms in total. The van der Waals surface area contributed by atoms with Crippen LogP contribution in [-0.2, 0) is 20.6 Å². The molecule has 0 bridgehead atoms. The van der Waals surface area contributed by atoms with Crippen LogP contribution in [0.4, 0.5) is 0 Å². The molecule has 55 heavy (non-hydrogen) atoms. The van der Waals surface area contributed by atoms with Gasteiger partial charge in [-0.2, -0.15) is 0 Å². The van der Waals surface area contributed by atoms with E-state index in [4.69, 9.17) is 20.6 Å². The molecule has 0 unspecified atom stereocenters. The minimum Gasteiger partial charge on any atom is -0.391 e. The Morgan fingerprint density at radius 2 is 0.327 bits per heavy atom. The summed E-state index contributed by atoms with van der Waals surface area (Å²) >= 11 is 0. The first-order valence-corrected chi connectivity index (χ1v) is 31.0. The van der Waals surface area contributed by atoms with Crippen molar-refractivity contribution in [2.45, 2.75) is 198 Å². The van der Waals surface area contributed by atoms with Crippen molar-refractivity contribution in [2.24, 2.45) is 0 Å². The molecular formula is C40H95N5O5Si5. The Bertz CT molecular complexity index is 942. The van der Waals surface area contributed by atoms with Gasteiger partial charge >= 0.3 is 43.6 Å². The van der Waals surface area contributed by atoms with Crippen LogP contribution in [0, 0.1) is 0 Å². The van der Waals surface area contributed by atoms with Crippen LogP contribution in [0.25, 0.3) is 0 Å². The molecule has 0 aromatic rings. The molecule has 0 atom stereocenters. The highest BCUT2D eigenvalue weighted by Gasteiger charge is 2.78. The average molecular weight is 867 g/mol. The summed E-state index contributed by atoms with van der Waals surface area (Å²) in [6.45, 7) is 66.3. The van der Waals surface area contributed by atoms with E-state index in [9.17, 15) is 0 Å². The maximum absolute atomic E-state index is 8.61. The lowest BCUT2D eigenvalue weighted by Crippen LogP contribution is -2.87. The highest BCUT2D eigenvalue weighted by molar-refractivity contribution is 6.95. The van der Waals surface area contributed by atoms with E-state index in [0.717, 1.165) is 65.4 Å². The van der Waals surface area contributed by atoms with Crippen LogP contribution in [-0.4, -0.2) is 132 Å². The van der Waals surface area contributed by atoms with Gasteiger partial charge in [0.25, 0.3) is 0 Å². The highest BCUT2D eigenvalue weighted by atomic mass is 28.5. The molecule has 0 aliphatic carbocycles. The van der Waals surface area contributed by atoms with Crippen molar-refractivity contribution in [1.29, 1.82) is 0 Å². The topological polar surface area (TPSA) is 62.3 Å². The molecule has 0 spiro atoms. The number of rotatable bonds is 15. The van der Waals surface area contributed by atoms with Gasteiger partial charge in [0.05, 0.1) is 0 Å². The lowest BCUT2D eigenvalue weighted by molar-refractivity contribution is 0.0585. The van der Waals surface area contributed by atoms with Gasteiger partial charge in [-0.3, -0.25) is 22.8 Å². The Balaban J connectivity index is 5.47. The third-order valence-corrected chi connectivity index (χ3v) is 39.9. The molecule has 1 aliphatic heterocycles. The van der Waals surface area contributed by atoms with Crippen molar-refractivity contribution in [1.82, 2.24) is 22.8 Å². The normalized spacial score (nSPS) is 30.0. The lowest BCUT2D eigenvalue weighted by Gasteiger charge is -2.66. The predicted octanol–water partition coefficient (Wildman–Crippen LogP) is 10.5. The Labute approximate surface area is 349 Å². The molecule has 0 aromatic carbocycles. The SMILES string of the molecule is CCN(CC)[Si]1(C(C)(C)C)O[Si](N(CC)CC)(C(C)(C)C)O[Si](N(CC)CC)(C(C)(C)C)O[Si](N(CC)CC)(C(C)(C)C)O[Si](N(CC)CC)(C(C)(C)C)O1. The van der Waals surface area contributed by atoms with Gasteiger partial charge in [-0.1, -0.05) is 173 Å². The summed E-state index contributed by atoms with van der Waals surface area (Å²) in [7, 11) is -18.1. The summed E-state index contributed by atoms with van der Waals surface area (Å²) in [6.07, 6.45) is 0. The maximum Gasteiger partial charge on any atom is 0.417 e. The molecule has 0 saturated carbocycles. The molecule has 1 heterocycles. The quantitative estimate of drug-likeness (QED) is 0.149. The van der Waals surface area contributed by atoms with E-state index in [1.165, 1.54) is 0 Å². The van der Waals surface area contributed by atoms with Crippen molar-refractivity contribution < 1.29 is 20.6 Å². The highest BCUT2D eigenvalue weighted by Crippen LogP contribution is 2.59. The summed E-state index contributed by atoms with van der Waals surface area (Å²) in [5.74, 6) is 0. The molecule has 0 radical (unpaired) electrons. The molecule has 1 rings (SSSR count). The molecular weight excluding hydrogens is 771 g/mol. The van der Waals surface area contributed by atoms with Crippen LogP contribution in [0.5, 0.6) is 0 Å². The maximum atomic E-state index is 8.61. The monoisotopic (exact) mass is 866 g/mol. The summed E-state index contributed by atoms with van der Waals surface area (Å²) in [6, 6.07) is 0. The Kier molecular flexibility index (Phi) is 18.7. The number of hydrogen-bond acceptors (Lipinski definition) is 10. The number of hydrogen-bond donors (Lipinski definition) is 0. The molecule has 1 saturated heterocycles. The zero-order chi connectivity index (χ0) is 43.5. The molecule has 15 heteroatoms. The van der Waals surface area contributed by atoms with Crippen LogP contribution < -0.4 is 0 Å². The van der Waals surface area contributed by atoms with Crippen LogP contribution in [0.1, 0.15) is 173 Å². The molecule has 0 aromatic heterocycles. The predicted molar refractivity (Wildman–Crippen MR) is 247 cm³/mol. The van der Waals surface area contributed by atoms with Crippen molar-refractivity contribution >= 4 is 43.6 Å². The fourth-order valence-electron chi connectivity index (χ4n) is 8.79. The summed E-state index contributed by atoms with van der Waals surface area (Å²) in [5, 5.41) is -2.01. The van der Waals surface area contributed by atoms with Crippen LogP contribution >= 0.6 is 0 Å². The summed E-state index contributed by atoms with van der Waals surface area (Å²) in [5.41, 5.74) is 0. The third-order valence-electron chi connectivity index (χ3n) is 12.0. The van der Waals surface area contributed by atoms with Crippen molar-refractivity contribution in [3.8, 4) is 0 Å². The summed E-state index contributed by atoms with van der Waals surface area (Å²) in [4.78, 5) is 0. The van der Waals surface area contributed by atoms with E-state index in [2.05, 4.69) is 196 Å². The van der Waals surface area contributed by atoms with Crippen molar-refractivity contribution in [3.05, 3.63) is 0 Å². The van der Waals surface area contributed by atoms with Gasteiger partial charge in [-0.15, -0.1) is 0 Å². The molecule has 1 fully saturated rings. The first-order valence-electron chi connectivity index (χ1n) is 22.1. The Morgan fingerprint density at radius 1 is 0.236 bits per heavy atom. The van der Waals surface area contributed by atoms with Gasteiger partial charge in [-0.05, 0) is 65.4 Å². The zero-order valence-corrected chi connectivity index (χ0v) is 46.3. The second kappa shape index (κ2) is 19.2. The standard InChI is InChI=1S/C40H95N5O5Si5/c1-26-41(27-2)51(36(11,12)13)46-52(37(14,15)16,42(28-3)29-4)48-54(39(20,21)22,44(32-7)33-8)50-55(40(23,24)25,45(34-9)35-10)49-53(47-51,38(17,18)19)43(30-5)31-6/h26-35H2,1-25H3. The van der Waals surface area contributed by atoms with Crippen molar-refractivity contribution in [2.75, 3.05) is 65.4 Å². The molecule has 330 valence electrons. The van der Waals surface area contributed by atoms with Crippen LogP contribution in [0.2, 0.25) is 25.2 Å². The van der Waals surface area contributed by atoms with E-state index in [1.54, 1.807) is 0 Å². The zero-order valence-electron chi connectivity index (χ0n) is 41.3. The van der Waals surface area contributed by atoms with E-state index < -0.39 is 68.8 Å². The van der Waals surface area contributed by atoms with Gasteiger partial charge in [0.2, 0.25) is 0 Å². The average Bonchev–Trinajstić information content (AvgIpc) is 3.04. The van der Waals surface area contributed by atoms with Gasteiger partial charge in [0.15, 0.2) is 0 Å². The third kappa shape index (κ3) is 9.61. The Hall–Kier alpha value is 0.684. The second-order valence-electron chi connectivity index (χ2n) is 20.5. The number of nitrogens with zero attached hydrogens (tertiary/aromatic N) is 5. The van der Waals surface area contributed by atoms with E-state index in [0.29, 0.717) is 0 Å². The first-order chi connectivity index (χ1) is 24.9. The van der Waals surface area contributed by atoms with Gasteiger partial charge in [0, 0.05) is 25.2 Å². The molecule has 1 aliphatic rings. The van der Waals surface area contributed by atoms with Gasteiger partial charge in [-0.25, -0.2) is 0 Å². The van der Waals surface area contributed by atoms with Gasteiger partial charge < -0.3 is 20.6 Å². The van der Waals surface area contributed by atoms with E-state index in [-0.39, 0.29) is 0 Å². The second-order valence-corrected chi connectivity index (χ2v) is 41.1. The van der Waals surface area contributed by atoms with E-state index in [1.807, 2.05) is 0 Å². The minimum absolute atomic E-state index is 0.401. The first kappa shape index (κ1) is 53.7. The minimum atomic E-state index is -3.61. The van der Waals surface area contributed by atoms with Crippen LogP contribution in [0.15, 0.2) is 0 Å². The fourth-order valence-corrected chi connectivity index (χ4v) is 45.3. The fraction of sp³-hybridized carbons (Fsp3) is 1.00.